The molecule has 14 heavy (non-hydrogen) atoms. The van der Waals surface area contributed by atoms with E-state index in [9.17, 15) is 0 Å². The molecule has 0 saturated carbocycles. The zero-order valence-electron chi connectivity index (χ0n) is 10.5. The first-order valence-corrected chi connectivity index (χ1v) is 5.98. The summed E-state index contributed by atoms with van der Waals surface area (Å²) in [6.45, 7) is 11.8. The average molecular weight is 198 g/mol. The summed E-state index contributed by atoms with van der Waals surface area (Å²) < 4.78 is 0. The van der Waals surface area contributed by atoms with Crippen LogP contribution in [0, 0.1) is 0 Å². The number of rotatable bonds is 3. The van der Waals surface area contributed by atoms with Gasteiger partial charge in [0.2, 0.25) is 0 Å². The highest BCUT2D eigenvalue weighted by molar-refractivity contribution is 4.83. The highest BCUT2D eigenvalue weighted by atomic mass is 15.2. The third kappa shape index (κ3) is 2.96. The average Bonchev–Trinajstić information content (AvgIpc) is 2.02. The highest BCUT2D eigenvalue weighted by Crippen LogP contribution is 2.19. The Bertz CT molecular complexity index is 158. The predicted octanol–water partition coefficient (Wildman–Crippen LogP) is 2.20. The van der Waals surface area contributed by atoms with Gasteiger partial charge in [0.1, 0.15) is 0 Å². The van der Waals surface area contributed by atoms with E-state index >= 15 is 0 Å². The molecule has 1 fully saturated rings. The summed E-state index contributed by atoms with van der Waals surface area (Å²) in [5, 5.41) is 0. The van der Waals surface area contributed by atoms with Crippen molar-refractivity contribution in [3.8, 4) is 0 Å². The summed E-state index contributed by atoms with van der Waals surface area (Å²) in [7, 11) is 2.24. The lowest BCUT2D eigenvalue weighted by molar-refractivity contribution is 0.0601. The molecule has 0 N–H and O–H groups in total. The van der Waals surface area contributed by atoms with Gasteiger partial charge >= 0.3 is 0 Å². The zero-order valence-corrected chi connectivity index (χ0v) is 10.5. The van der Waals surface area contributed by atoms with E-state index in [2.05, 4.69) is 44.5 Å². The van der Waals surface area contributed by atoms with Crippen LogP contribution in [0.15, 0.2) is 0 Å². The molecule has 0 aromatic rings. The Hall–Kier alpha value is -0.0800. The maximum absolute atomic E-state index is 2.66. The Morgan fingerprint density at radius 1 is 1.14 bits per heavy atom. The number of hydrogen-bond acceptors (Lipinski definition) is 2. The van der Waals surface area contributed by atoms with Gasteiger partial charge < -0.3 is 4.90 Å². The fraction of sp³-hybridized carbons (Fsp3) is 1.00. The van der Waals surface area contributed by atoms with Crippen molar-refractivity contribution in [1.29, 1.82) is 0 Å². The number of piperidine rings is 1. The largest absolute Gasteiger partial charge is 0.305 e. The first-order chi connectivity index (χ1) is 6.52. The van der Waals surface area contributed by atoms with Crippen LogP contribution in [-0.2, 0) is 0 Å². The van der Waals surface area contributed by atoms with Crippen LogP contribution >= 0.6 is 0 Å². The van der Waals surface area contributed by atoms with Crippen LogP contribution < -0.4 is 0 Å². The second kappa shape index (κ2) is 5.13. The Kier molecular flexibility index (Phi) is 4.39. The van der Waals surface area contributed by atoms with E-state index in [4.69, 9.17) is 0 Å². The normalized spacial score (nSPS) is 25.3. The molecule has 2 nitrogen and oxygen atoms in total. The Balaban J connectivity index is 2.58. The number of hydrogen-bond donors (Lipinski definition) is 0. The standard InChI is InChI=1S/C12H26N2/c1-10(2)14(11(3)4)12-7-6-8-13(5)9-12/h10-12H,6-9H2,1-5H3. The molecule has 1 atom stereocenters. The van der Waals surface area contributed by atoms with Gasteiger partial charge in [-0.2, -0.15) is 0 Å². The smallest absolute Gasteiger partial charge is 0.0228 e. The Morgan fingerprint density at radius 3 is 2.14 bits per heavy atom. The third-order valence-electron chi connectivity index (χ3n) is 3.21. The Labute approximate surface area is 89.3 Å². The van der Waals surface area contributed by atoms with Crippen molar-refractivity contribution in [3.05, 3.63) is 0 Å². The van der Waals surface area contributed by atoms with Crippen LogP contribution in [-0.4, -0.2) is 48.1 Å². The lowest BCUT2D eigenvalue weighted by atomic mass is 10.0. The maximum Gasteiger partial charge on any atom is 0.0228 e. The molecule has 0 amide bonds. The minimum atomic E-state index is 0.673. The molecule has 0 spiro atoms. The first-order valence-electron chi connectivity index (χ1n) is 5.98. The van der Waals surface area contributed by atoms with E-state index in [1.807, 2.05) is 0 Å². The minimum absolute atomic E-state index is 0.673. The topological polar surface area (TPSA) is 6.48 Å². The van der Waals surface area contributed by atoms with Crippen LogP contribution in [0.5, 0.6) is 0 Å². The molecule has 1 aliphatic rings. The molecule has 1 heterocycles. The van der Waals surface area contributed by atoms with E-state index in [0.717, 1.165) is 6.04 Å². The summed E-state index contributed by atoms with van der Waals surface area (Å²) in [5.41, 5.74) is 0. The molecule has 1 unspecified atom stereocenters. The van der Waals surface area contributed by atoms with E-state index in [0.29, 0.717) is 12.1 Å². The van der Waals surface area contributed by atoms with E-state index in [-0.39, 0.29) is 0 Å². The lowest BCUT2D eigenvalue weighted by Gasteiger charge is -2.42. The van der Waals surface area contributed by atoms with Crippen molar-refractivity contribution in [2.75, 3.05) is 20.1 Å². The first kappa shape index (κ1) is 12.0. The van der Waals surface area contributed by atoms with E-state index in [1.54, 1.807) is 0 Å². The maximum atomic E-state index is 2.66. The van der Waals surface area contributed by atoms with Crippen molar-refractivity contribution in [2.24, 2.45) is 0 Å². The SMILES string of the molecule is CC(C)N(C(C)C)C1CCCN(C)C1. The van der Waals surface area contributed by atoms with Crippen molar-refractivity contribution in [3.63, 3.8) is 0 Å². The van der Waals surface area contributed by atoms with Crippen molar-refractivity contribution >= 4 is 0 Å². The Morgan fingerprint density at radius 2 is 1.71 bits per heavy atom. The fourth-order valence-electron chi connectivity index (χ4n) is 2.82. The summed E-state index contributed by atoms with van der Waals surface area (Å²) in [5.74, 6) is 0. The number of likely N-dealkylation sites (N-methyl/N-ethyl adjacent to an activating group) is 1. The van der Waals surface area contributed by atoms with Crippen LogP contribution in [0.1, 0.15) is 40.5 Å². The third-order valence-corrected chi connectivity index (χ3v) is 3.21. The summed E-state index contributed by atoms with van der Waals surface area (Å²) in [4.78, 5) is 5.13. The molecular weight excluding hydrogens is 172 g/mol. The summed E-state index contributed by atoms with van der Waals surface area (Å²) >= 11 is 0. The second-order valence-electron chi connectivity index (χ2n) is 5.19. The number of nitrogens with zero attached hydrogens (tertiary/aromatic N) is 2. The van der Waals surface area contributed by atoms with Crippen LogP contribution in [0.25, 0.3) is 0 Å². The van der Waals surface area contributed by atoms with E-state index < -0.39 is 0 Å². The van der Waals surface area contributed by atoms with Gasteiger partial charge in [0, 0.05) is 24.7 Å². The van der Waals surface area contributed by atoms with Gasteiger partial charge in [0.25, 0.3) is 0 Å². The molecule has 0 aromatic heterocycles. The fourth-order valence-corrected chi connectivity index (χ4v) is 2.82. The molecule has 1 rings (SSSR count). The van der Waals surface area contributed by atoms with Crippen LogP contribution in [0.2, 0.25) is 0 Å². The predicted molar refractivity (Wildman–Crippen MR) is 62.6 cm³/mol. The van der Waals surface area contributed by atoms with Gasteiger partial charge in [-0.3, -0.25) is 4.90 Å². The van der Waals surface area contributed by atoms with Crippen molar-refractivity contribution < 1.29 is 0 Å². The molecule has 0 aliphatic carbocycles. The van der Waals surface area contributed by atoms with Gasteiger partial charge in [0.15, 0.2) is 0 Å². The molecule has 0 aromatic carbocycles. The van der Waals surface area contributed by atoms with Crippen LogP contribution in [0.3, 0.4) is 0 Å². The van der Waals surface area contributed by atoms with Gasteiger partial charge in [-0.05, 0) is 54.1 Å². The minimum Gasteiger partial charge on any atom is -0.305 e. The molecule has 2 heteroatoms. The monoisotopic (exact) mass is 198 g/mol. The zero-order chi connectivity index (χ0) is 10.7. The van der Waals surface area contributed by atoms with Crippen molar-refractivity contribution in [1.82, 2.24) is 9.80 Å². The molecule has 0 bridgehead atoms. The van der Waals surface area contributed by atoms with Gasteiger partial charge in [0.05, 0.1) is 0 Å². The molecule has 0 radical (unpaired) electrons. The molecule has 1 aliphatic heterocycles. The van der Waals surface area contributed by atoms with E-state index in [1.165, 1.54) is 25.9 Å². The molecular formula is C12H26N2. The highest BCUT2D eigenvalue weighted by Gasteiger charge is 2.26. The molecule has 84 valence electrons. The summed E-state index contributed by atoms with van der Waals surface area (Å²) in [6.07, 6.45) is 2.73. The summed E-state index contributed by atoms with van der Waals surface area (Å²) in [6, 6.07) is 2.12. The van der Waals surface area contributed by atoms with Gasteiger partial charge in [-0.25, -0.2) is 0 Å². The lowest BCUT2D eigenvalue weighted by Crippen LogP contribution is -2.52. The van der Waals surface area contributed by atoms with Gasteiger partial charge in [-0.15, -0.1) is 0 Å². The van der Waals surface area contributed by atoms with Crippen molar-refractivity contribution in [2.45, 2.75) is 58.7 Å². The molecule has 1 saturated heterocycles. The number of likely N-dealkylation sites (tertiary alicyclic amines) is 1. The second-order valence-corrected chi connectivity index (χ2v) is 5.19. The van der Waals surface area contributed by atoms with Gasteiger partial charge in [-0.1, -0.05) is 0 Å². The van der Waals surface area contributed by atoms with Crippen LogP contribution in [0.4, 0.5) is 0 Å². The quantitative estimate of drug-likeness (QED) is 0.686.